The van der Waals surface area contributed by atoms with Gasteiger partial charge in [0.05, 0.1) is 29.2 Å². The highest BCUT2D eigenvalue weighted by atomic mass is 16.6. The molecule has 0 fully saturated rings. The lowest BCUT2D eigenvalue weighted by Crippen LogP contribution is -2.20. The van der Waals surface area contributed by atoms with Gasteiger partial charge in [0.2, 0.25) is 0 Å². The van der Waals surface area contributed by atoms with E-state index in [1.807, 2.05) is 0 Å². The predicted molar refractivity (Wildman–Crippen MR) is 155 cm³/mol. The van der Waals surface area contributed by atoms with E-state index in [1.165, 1.54) is 47.3 Å². The van der Waals surface area contributed by atoms with Crippen molar-refractivity contribution in [2.45, 2.75) is 0 Å². The van der Waals surface area contributed by atoms with E-state index in [0.717, 1.165) is 0 Å². The van der Waals surface area contributed by atoms with Gasteiger partial charge >= 0.3 is 5.97 Å². The Morgan fingerprint density at radius 2 is 1.66 bits per heavy atom. The zero-order valence-electron chi connectivity index (χ0n) is 21.7. The molecule has 0 unspecified atom stereocenters. The number of nitro groups is 1. The van der Waals surface area contributed by atoms with Crippen LogP contribution < -0.4 is 15.0 Å². The van der Waals surface area contributed by atoms with E-state index in [0.29, 0.717) is 39.2 Å². The van der Waals surface area contributed by atoms with Gasteiger partial charge in [0, 0.05) is 29.3 Å². The number of aromatic nitrogens is 2. The standard InChI is InChI=1S/C31H22N4O6/c1-40-25-17-13-22(14-18-25)30-33-27-8-4-3-7-26(27)31(37)34(30)32-20-23-6-2-5-9-28(23)41-29(36)19-12-21-10-15-24(16-11-21)35(38)39/h2-20H,1H3/b19-12+,32-20?. The number of rotatable bonds is 8. The van der Waals surface area contributed by atoms with Gasteiger partial charge in [-0.15, -0.1) is 0 Å². The van der Waals surface area contributed by atoms with Gasteiger partial charge in [0.15, 0.2) is 5.82 Å². The lowest BCUT2D eigenvalue weighted by molar-refractivity contribution is -0.384. The van der Waals surface area contributed by atoms with Crippen molar-refractivity contribution < 1.29 is 19.2 Å². The highest BCUT2D eigenvalue weighted by molar-refractivity contribution is 5.91. The molecule has 0 aliphatic heterocycles. The molecule has 0 aliphatic rings. The summed E-state index contributed by atoms with van der Waals surface area (Å²) in [5, 5.41) is 15.7. The molecule has 0 bridgehead atoms. The highest BCUT2D eigenvalue weighted by Gasteiger charge is 2.13. The Kier molecular flexibility index (Phi) is 7.73. The minimum atomic E-state index is -0.660. The van der Waals surface area contributed by atoms with Gasteiger partial charge in [0.25, 0.3) is 11.2 Å². The number of benzene rings is 4. The maximum absolute atomic E-state index is 13.5. The maximum atomic E-state index is 13.5. The molecule has 1 aromatic heterocycles. The minimum absolute atomic E-state index is 0.0474. The van der Waals surface area contributed by atoms with Gasteiger partial charge in [-0.3, -0.25) is 14.9 Å². The number of para-hydroxylation sites is 2. The molecular formula is C31H22N4O6. The number of nitrogens with zero attached hydrogens (tertiary/aromatic N) is 4. The van der Waals surface area contributed by atoms with E-state index < -0.39 is 10.9 Å². The summed E-state index contributed by atoms with van der Waals surface area (Å²) >= 11 is 0. The summed E-state index contributed by atoms with van der Waals surface area (Å²) in [7, 11) is 1.57. The van der Waals surface area contributed by atoms with Crippen LogP contribution in [0.3, 0.4) is 0 Å². The molecule has 0 atom stereocenters. The number of hydrogen-bond acceptors (Lipinski definition) is 8. The van der Waals surface area contributed by atoms with Crippen molar-refractivity contribution in [3.05, 3.63) is 135 Å². The lowest BCUT2D eigenvalue weighted by Gasteiger charge is -2.10. The van der Waals surface area contributed by atoms with E-state index in [4.69, 9.17) is 9.47 Å². The summed E-state index contributed by atoms with van der Waals surface area (Å²) in [4.78, 5) is 41.0. The van der Waals surface area contributed by atoms with E-state index in [9.17, 15) is 19.7 Å². The molecule has 41 heavy (non-hydrogen) atoms. The smallest absolute Gasteiger partial charge is 0.336 e. The third kappa shape index (κ3) is 6.07. The van der Waals surface area contributed by atoms with Crippen LogP contribution in [0.25, 0.3) is 28.4 Å². The summed E-state index contributed by atoms with van der Waals surface area (Å²) in [5.41, 5.74) is 1.82. The topological polar surface area (TPSA) is 126 Å². The second-order valence-corrected chi connectivity index (χ2v) is 8.68. The first-order chi connectivity index (χ1) is 19.9. The van der Waals surface area contributed by atoms with Crippen molar-refractivity contribution in [3.8, 4) is 22.9 Å². The van der Waals surface area contributed by atoms with Gasteiger partial charge in [0.1, 0.15) is 11.5 Å². The Morgan fingerprint density at radius 3 is 2.39 bits per heavy atom. The Balaban J connectivity index is 1.45. The normalized spacial score (nSPS) is 11.2. The number of methoxy groups -OCH3 is 1. The molecule has 0 radical (unpaired) electrons. The average Bonchev–Trinajstić information content (AvgIpc) is 3.00. The van der Waals surface area contributed by atoms with Crippen LogP contribution in [0.2, 0.25) is 0 Å². The summed E-state index contributed by atoms with van der Waals surface area (Å²) in [5.74, 6) is 0.550. The molecule has 0 aliphatic carbocycles. The summed E-state index contributed by atoms with van der Waals surface area (Å²) < 4.78 is 12.0. The quantitative estimate of drug-likeness (QED) is 0.0630. The Morgan fingerprint density at radius 1 is 0.951 bits per heavy atom. The number of carbonyl (C=O) groups is 1. The average molecular weight is 547 g/mol. The minimum Gasteiger partial charge on any atom is -0.497 e. The van der Waals surface area contributed by atoms with E-state index in [-0.39, 0.29) is 17.0 Å². The van der Waals surface area contributed by atoms with Crippen LogP contribution in [-0.2, 0) is 4.79 Å². The molecule has 4 aromatic carbocycles. The molecule has 5 aromatic rings. The molecule has 0 amide bonds. The third-order valence-electron chi connectivity index (χ3n) is 6.06. The van der Waals surface area contributed by atoms with E-state index in [1.54, 1.807) is 79.9 Å². The molecule has 10 heteroatoms. The summed E-state index contributed by atoms with van der Waals surface area (Å²) in [6, 6.07) is 26.6. The van der Waals surface area contributed by atoms with E-state index >= 15 is 0 Å². The fourth-order valence-corrected chi connectivity index (χ4v) is 3.97. The van der Waals surface area contributed by atoms with Gasteiger partial charge in [-0.25, -0.2) is 9.78 Å². The second-order valence-electron chi connectivity index (χ2n) is 8.68. The van der Waals surface area contributed by atoms with Crippen LogP contribution in [0.15, 0.2) is 113 Å². The van der Waals surface area contributed by atoms with Crippen LogP contribution >= 0.6 is 0 Å². The van der Waals surface area contributed by atoms with Gasteiger partial charge in [-0.1, -0.05) is 24.3 Å². The second kappa shape index (κ2) is 11.9. The van der Waals surface area contributed by atoms with Gasteiger partial charge < -0.3 is 9.47 Å². The number of carbonyl (C=O) groups excluding carboxylic acids is 1. The lowest BCUT2D eigenvalue weighted by atomic mass is 10.2. The first-order valence-corrected chi connectivity index (χ1v) is 12.4. The van der Waals surface area contributed by atoms with Crippen molar-refractivity contribution >= 4 is 34.9 Å². The first-order valence-electron chi connectivity index (χ1n) is 12.4. The fourth-order valence-electron chi connectivity index (χ4n) is 3.97. The van der Waals surface area contributed by atoms with Crippen LogP contribution in [0.1, 0.15) is 11.1 Å². The molecule has 0 N–H and O–H groups in total. The largest absolute Gasteiger partial charge is 0.497 e. The Hall–Kier alpha value is -5.90. The number of nitro benzene ring substituents is 1. The Bertz CT molecular complexity index is 1860. The summed E-state index contributed by atoms with van der Waals surface area (Å²) in [6.45, 7) is 0. The monoisotopic (exact) mass is 546 g/mol. The molecule has 5 rings (SSSR count). The molecule has 0 saturated heterocycles. The van der Waals surface area contributed by atoms with Gasteiger partial charge in [-0.05, 0) is 72.3 Å². The summed E-state index contributed by atoms with van der Waals surface area (Å²) in [6.07, 6.45) is 4.13. The van der Waals surface area contributed by atoms with Crippen LogP contribution in [-0.4, -0.2) is 33.9 Å². The number of fused-ring (bicyclic) bond motifs is 1. The van der Waals surface area contributed by atoms with Crippen molar-refractivity contribution in [2.75, 3.05) is 7.11 Å². The van der Waals surface area contributed by atoms with Crippen molar-refractivity contribution in [2.24, 2.45) is 5.10 Å². The SMILES string of the molecule is COc1ccc(-c2nc3ccccc3c(=O)n2N=Cc2ccccc2OC(=O)/C=C/c2ccc([N+](=O)[O-])cc2)cc1. The van der Waals surface area contributed by atoms with Crippen LogP contribution in [0, 0.1) is 10.1 Å². The highest BCUT2D eigenvalue weighted by Crippen LogP contribution is 2.23. The van der Waals surface area contributed by atoms with Crippen molar-refractivity contribution in [1.82, 2.24) is 9.66 Å². The number of esters is 1. The molecular weight excluding hydrogens is 524 g/mol. The predicted octanol–water partition coefficient (Wildman–Crippen LogP) is 5.48. The van der Waals surface area contributed by atoms with Crippen molar-refractivity contribution in [3.63, 3.8) is 0 Å². The fraction of sp³-hybridized carbons (Fsp3) is 0.0323. The van der Waals surface area contributed by atoms with Crippen molar-refractivity contribution in [1.29, 1.82) is 0 Å². The zero-order chi connectivity index (χ0) is 28.8. The van der Waals surface area contributed by atoms with Gasteiger partial charge in [-0.2, -0.15) is 9.78 Å². The molecule has 10 nitrogen and oxygen atoms in total. The first kappa shape index (κ1) is 26.7. The van der Waals surface area contributed by atoms with Crippen LogP contribution in [0.4, 0.5) is 5.69 Å². The Labute approximate surface area is 233 Å². The molecule has 0 saturated carbocycles. The molecule has 1 heterocycles. The zero-order valence-corrected chi connectivity index (χ0v) is 21.7. The number of hydrogen-bond donors (Lipinski definition) is 0. The van der Waals surface area contributed by atoms with Crippen LogP contribution in [0.5, 0.6) is 11.5 Å². The number of non-ortho nitro benzene ring substituents is 1. The molecule has 202 valence electrons. The number of ether oxygens (including phenoxy) is 2. The molecule has 0 spiro atoms. The van der Waals surface area contributed by atoms with E-state index in [2.05, 4.69) is 10.1 Å². The maximum Gasteiger partial charge on any atom is 0.336 e. The third-order valence-corrected chi connectivity index (χ3v) is 6.06.